The second kappa shape index (κ2) is 8.28. The van der Waals surface area contributed by atoms with Crippen LogP contribution in [0.4, 0.5) is 5.69 Å². The average Bonchev–Trinajstić information content (AvgIpc) is 2.34. The molecular formula is C17H31N3. The first-order valence-corrected chi connectivity index (χ1v) is 7.68. The topological polar surface area (TPSA) is 32.5 Å². The van der Waals surface area contributed by atoms with Gasteiger partial charge in [0.15, 0.2) is 0 Å². The predicted molar refractivity (Wildman–Crippen MR) is 89.6 cm³/mol. The minimum absolute atomic E-state index is 0.223. The van der Waals surface area contributed by atoms with Gasteiger partial charge in [0, 0.05) is 31.4 Å². The summed E-state index contributed by atoms with van der Waals surface area (Å²) >= 11 is 0. The fourth-order valence-electron chi connectivity index (χ4n) is 2.51. The predicted octanol–water partition coefficient (Wildman–Crippen LogP) is 2.66. The van der Waals surface area contributed by atoms with Crippen molar-refractivity contribution in [2.45, 2.75) is 39.7 Å². The number of hydrogen-bond acceptors (Lipinski definition) is 3. The largest absolute Gasteiger partial charge is 0.370 e. The molecule has 2 N–H and O–H groups in total. The molecule has 0 heterocycles. The molecule has 1 unspecified atom stereocenters. The summed E-state index contributed by atoms with van der Waals surface area (Å²) in [4.78, 5) is 4.73. The molecule has 0 saturated carbocycles. The van der Waals surface area contributed by atoms with Gasteiger partial charge < -0.3 is 15.5 Å². The Morgan fingerprint density at radius 1 is 1.15 bits per heavy atom. The second-order valence-electron chi connectivity index (χ2n) is 6.09. The Hall–Kier alpha value is -1.06. The number of hydrogen-bond donors (Lipinski definition) is 1. The van der Waals surface area contributed by atoms with Gasteiger partial charge in [-0.05, 0) is 58.0 Å². The molecule has 1 aromatic carbocycles. The molecule has 0 aromatic heterocycles. The molecule has 20 heavy (non-hydrogen) atoms. The Kier molecular flexibility index (Phi) is 7.03. The van der Waals surface area contributed by atoms with Crippen LogP contribution in [0, 0.1) is 6.92 Å². The maximum absolute atomic E-state index is 5.89. The minimum atomic E-state index is 0.223. The highest BCUT2D eigenvalue weighted by Crippen LogP contribution is 2.22. The fraction of sp³-hybridized carbons (Fsp3) is 0.647. The Bertz CT molecular complexity index is 399. The zero-order valence-corrected chi connectivity index (χ0v) is 13.8. The Labute approximate surface area is 124 Å². The van der Waals surface area contributed by atoms with Crippen LogP contribution in [-0.4, -0.2) is 44.7 Å². The summed E-state index contributed by atoms with van der Waals surface area (Å²) in [5.74, 6) is 0. The number of aryl methyl sites for hydroxylation is 1. The molecule has 114 valence electrons. The molecule has 1 aromatic rings. The summed E-state index contributed by atoms with van der Waals surface area (Å²) in [6, 6.07) is 7.00. The van der Waals surface area contributed by atoms with E-state index >= 15 is 0 Å². The van der Waals surface area contributed by atoms with Gasteiger partial charge >= 0.3 is 0 Å². The molecule has 0 aliphatic rings. The van der Waals surface area contributed by atoms with E-state index in [1.54, 1.807) is 0 Å². The number of likely N-dealkylation sites (N-methyl/N-ethyl adjacent to an activating group) is 1. The van der Waals surface area contributed by atoms with Gasteiger partial charge in [0.1, 0.15) is 0 Å². The number of benzene rings is 1. The third-order valence-corrected chi connectivity index (χ3v) is 3.47. The van der Waals surface area contributed by atoms with Crippen LogP contribution in [0.1, 0.15) is 31.4 Å². The van der Waals surface area contributed by atoms with Crippen molar-refractivity contribution < 1.29 is 0 Å². The Morgan fingerprint density at radius 2 is 1.85 bits per heavy atom. The molecule has 3 heteroatoms. The number of nitrogens with zero attached hydrogens (tertiary/aromatic N) is 2. The number of rotatable bonds is 8. The van der Waals surface area contributed by atoms with E-state index < -0.39 is 0 Å². The summed E-state index contributed by atoms with van der Waals surface area (Å²) in [6.45, 7) is 9.78. The minimum Gasteiger partial charge on any atom is -0.370 e. The van der Waals surface area contributed by atoms with Gasteiger partial charge in [0.05, 0.1) is 0 Å². The molecule has 0 fully saturated rings. The maximum atomic E-state index is 5.89. The summed E-state index contributed by atoms with van der Waals surface area (Å²) in [5, 5.41) is 0. The fourth-order valence-corrected chi connectivity index (χ4v) is 2.51. The molecule has 0 radical (unpaired) electrons. The van der Waals surface area contributed by atoms with Gasteiger partial charge in [0.25, 0.3) is 0 Å². The van der Waals surface area contributed by atoms with Crippen molar-refractivity contribution in [3.8, 4) is 0 Å². The molecule has 0 aliphatic carbocycles. The lowest BCUT2D eigenvalue weighted by molar-refractivity contribution is 0.413. The molecule has 0 saturated heterocycles. The van der Waals surface area contributed by atoms with Crippen LogP contribution in [0.15, 0.2) is 18.2 Å². The zero-order valence-electron chi connectivity index (χ0n) is 13.8. The van der Waals surface area contributed by atoms with Crippen LogP contribution in [0.2, 0.25) is 0 Å². The van der Waals surface area contributed by atoms with Crippen LogP contribution < -0.4 is 10.6 Å². The van der Waals surface area contributed by atoms with Gasteiger partial charge in [-0.25, -0.2) is 0 Å². The van der Waals surface area contributed by atoms with E-state index in [9.17, 15) is 0 Å². The van der Waals surface area contributed by atoms with Crippen molar-refractivity contribution >= 4 is 5.69 Å². The Morgan fingerprint density at radius 3 is 2.35 bits per heavy atom. The van der Waals surface area contributed by atoms with Gasteiger partial charge in [-0.15, -0.1) is 0 Å². The van der Waals surface area contributed by atoms with E-state index in [1.807, 2.05) is 0 Å². The molecular weight excluding hydrogens is 246 g/mol. The summed E-state index contributed by atoms with van der Waals surface area (Å²) < 4.78 is 0. The molecule has 0 aliphatic heterocycles. The van der Waals surface area contributed by atoms with Crippen LogP contribution >= 0.6 is 0 Å². The molecule has 0 spiro atoms. The summed E-state index contributed by atoms with van der Waals surface area (Å²) in [6.07, 6.45) is 2.13. The van der Waals surface area contributed by atoms with Gasteiger partial charge in [-0.1, -0.05) is 19.1 Å². The molecule has 0 amide bonds. The van der Waals surface area contributed by atoms with E-state index in [4.69, 9.17) is 5.73 Å². The van der Waals surface area contributed by atoms with Crippen LogP contribution in [0.5, 0.6) is 0 Å². The van der Waals surface area contributed by atoms with E-state index in [1.165, 1.54) is 23.2 Å². The highest BCUT2D eigenvalue weighted by Gasteiger charge is 2.10. The summed E-state index contributed by atoms with van der Waals surface area (Å²) in [7, 11) is 4.26. The molecule has 1 rings (SSSR count). The third kappa shape index (κ3) is 5.51. The number of anilines is 1. The van der Waals surface area contributed by atoms with Gasteiger partial charge in [-0.2, -0.15) is 0 Å². The lowest BCUT2D eigenvalue weighted by Gasteiger charge is -2.28. The second-order valence-corrected chi connectivity index (χ2v) is 6.09. The van der Waals surface area contributed by atoms with Crippen molar-refractivity contribution in [1.29, 1.82) is 0 Å². The van der Waals surface area contributed by atoms with E-state index in [0.29, 0.717) is 0 Å². The van der Waals surface area contributed by atoms with E-state index in [-0.39, 0.29) is 6.04 Å². The van der Waals surface area contributed by atoms with Crippen molar-refractivity contribution in [3.63, 3.8) is 0 Å². The van der Waals surface area contributed by atoms with Crippen LogP contribution in [0.3, 0.4) is 0 Å². The SMILES string of the molecule is CCCN(CCN(C)C)c1ccc(CC(C)N)cc1C. The highest BCUT2D eigenvalue weighted by atomic mass is 15.2. The lowest BCUT2D eigenvalue weighted by atomic mass is 10.0. The smallest absolute Gasteiger partial charge is 0.0396 e. The highest BCUT2D eigenvalue weighted by molar-refractivity contribution is 5.54. The first-order chi connectivity index (χ1) is 9.43. The first kappa shape index (κ1) is 17.0. The standard InChI is InChI=1S/C17H31N3/c1-6-9-20(11-10-19(4)5)17-8-7-16(12-14(17)2)13-15(3)18/h7-8,12,15H,6,9-11,13,18H2,1-5H3. The van der Waals surface area contributed by atoms with Crippen molar-refractivity contribution in [3.05, 3.63) is 29.3 Å². The zero-order chi connectivity index (χ0) is 15.1. The van der Waals surface area contributed by atoms with Crippen LogP contribution in [-0.2, 0) is 6.42 Å². The average molecular weight is 277 g/mol. The van der Waals surface area contributed by atoms with Gasteiger partial charge in [0.2, 0.25) is 0 Å². The van der Waals surface area contributed by atoms with Crippen molar-refractivity contribution in [2.75, 3.05) is 38.6 Å². The number of nitrogens with two attached hydrogens (primary N) is 1. The van der Waals surface area contributed by atoms with E-state index in [2.05, 4.69) is 62.9 Å². The quantitative estimate of drug-likeness (QED) is 0.793. The van der Waals surface area contributed by atoms with Crippen molar-refractivity contribution in [2.24, 2.45) is 5.73 Å². The molecule has 3 nitrogen and oxygen atoms in total. The molecule has 1 atom stereocenters. The van der Waals surface area contributed by atoms with E-state index in [0.717, 1.165) is 26.1 Å². The normalized spacial score (nSPS) is 12.8. The van der Waals surface area contributed by atoms with Crippen molar-refractivity contribution in [1.82, 2.24) is 4.90 Å². The van der Waals surface area contributed by atoms with Crippen LogP contribution in [0.25, 0.3) is 0 Å². The Balaban J connectivity index is 2.84. The van der Waals surface area contributed by atoms with Gasteiger partial charge in [-0.3, -0.25) is 0 Å². The third-order valence-electron chi connectivity index (χ3n) is 3.47. The monoisotopic (exact) mass is 277 g/mol. The maximum Gasteiger partial charge on any atom is 0.0396 e. The lowest BCUT2D eigenvalue weighted by Crippen LogP contribution is -2.32. The molecule has 0 bridgehead atoms. The summed E-state index contributed by atoms with van der Waals surface area (Å²) in [5.41, 5.74) is 9.94. The first-order valence-electron chi connectivity index (χ1n) is 7.68.